The Morgan fingerprint density at radius 3 is 2.33 bits per heavy atom. The molecule has 68 valence electrons. The van der Waals surface area contributed by atoms with Gasteiger partial charge in [-0.2, -0.15) is 0 Å². The molecule has 1 aromatic rings. The lowest BCUT2D eigenvalue weighted by Gasteiger charge is -2.05. The predicted octanol–water partition coefficient (Wildman–Crippen LogP) is 2.41. The summed E-state index contributed by atoms with van der Waals surface area (Å²) in [7, 11) is 0. The second kappa shape index (κ2) is 4.62. The van der Waals surface area contributed by atoms with Crippen molar-refractivity contribution in [2.75, 3.05) is 5.43 Å². The molecule has 0 atom stereocenters. The fourth-order valence-electron chi connectivity index (χ4n) is 0.674. The first-order valence-corrected chi connectivity index (χ1v) is 3.56. The SMILES string of the molecule is Cl.NNc1c(Cl)ccc(O)c1Cl. The lowest BCUT2D eigenvalue weighted by molar-refractivity contribution is 0.476. The van der Waals surface area contributed by atoms with E-state index in [1.165, 1.54) is 12.1 Å². The van der Waals surface area contributed by atoms with Gasteiger partial charge in [0.05, 0.1) is 10.7 Å². The second-order valence-electron chi connectivity index (χ2n) is 1.90. The van der Waals surface area contributed by atoms with Crippen LogP contribution in [0.5, 0.6) is 5.75 Å². The van der Waals surface area contributed by atoms with E-state index in [-0.39, 0.29) is 23.2 Å². The molecule has 1 aromatic carbocycles. The number of nitrogens with one attached hydrogen (secondary N) is 1. The van der Waals surface area contributed by atoms with Gasteiger partial charge in [-0.1, -0.05) is 23.2 Å². The highest BCUT2D eigenvalue weighted by Gasteiger charge is 2.07. The van der Waals surface area contributed by atoms with Gasteiger partial charge in [0.25, 0.3) is 0 Å². The molecule has 0 heterocycles. The average molecular weight is 229 g/mol. The van der Waals surface area contributed by atoms with Crippen LogP contribution in [-0.4, -0.2) is 5.11 Å². The molecule has 0 spiro atoms. The number of rotatable bonds is 1. The van der Waals surface area contributed by atoms with Crippen molar-refractivity contribution in [3.05, 3.63) is 22.2 Å². The van der Waals surface area contributed by atoms with Crippen LogP contribution >= 0.6 is 35.6 Å². The molecule has 6 heteroatoms. The van der Waals surface area contributed by atoms with E-state index >= 15 is 0 Å². The average Bonchev–Trinajstić information content (AvgIpc) is 1.99. The summed E-state index contributed by atoms with van der Waals surface area (Å²) in [5, 5.41) is 9.57. The molecular formula is C6H7Cl3N2O. The normalized spacial score (nSPS) is 8.92. The van der Waals surface area contributed by atoms with Crippen LogP contribution in [0.1, 0.15) is 0 Å². The van der Waals surface area contributed by atoms with Gasteiger partial charge in [0.2, 0.25) is 0 Å². The summed E-state index contributed by atoms with van der Waals surface area (Å²) in [6, 6.07) is 2.89. The third-order valence-electron chi connectivity index (χ3n) is 1.22. The van der Waals surface area contributed by atoms with E-state index < -0.39 is 0 Å². The Balaban J connectivity index is 0.00000121. The van der Waals surface area contributed by atoms with Gasteiger partial charge in [0.15, 0.2) is 0 Å². The van der Waals surface area contributed by atoms with Crippen molar-refractivity contribution in [1.29, 1.82) is 0 Å². The number of hydrogen-bond acceptors (Lipinski definition) is 3. The predicted molar refractivity (Wildman–Crippen MR) is 53.2 cm³/mol. The van der Waals surface area contributed by atoms with E-state index in [1.54, 1.807) is 0 Å². The molecule has 3 nitrogen and oxygen atoms in total. The maximum absolute atomic E-state index is 9.07. The molecule has 0 aliphatic carbocycles. The summed E-state index contributed by atoms with van der Waals surface area (Å²) in [4.78, 5) is 0. The summed E-state index contributed by atoms with van der Waals surface area (Å²) in [5.74, 6) is 5.04. The van der Waals surface area contributed by atoms with E-state index in [2.05, 4.69) is 5.43 Å². The van der Waals surface area contributed by atoms with Crippen molar-refractivity contribution < 1.29 is 5.11 Å². The minimum Gasteiger partial charge on any atom is -0.506 e. The van der Waals surface area contributed by atoms with Crippen molar-refractivity contribution >= 4 is 41.3 Å². The first-order chi connectivity index (χ1) is 5.16. The zero-order valence-electron chi connectivity index (χ0n) is 5.84. The number of anilines is 1. The molecule has 0 bridgehead atoms. The Kier molecular flexibility index (Phi) is 4.49. The van der Waals surface area contributed by atoms with Crippen LogP contribution < -0.4 is 11.3 Å². The molecule has 4 N–H and O–H groups in total. The summed E-state index contributed by atoms with van der Waals surface area (Å²) < 4.78 is 0. The molecule has 0 radical (unpaired) electrons. The van der Waals surface area contributed by atoms with Crippen LogP contribution in [0.15, 0.2) is 12.1 Å². The number of nitrogen functional groups attached to an aromatic ring is 1. The number of halogens is 3. The number of hydrazine groups is 1. The number of phenolic OH excluding ortho intramolecular Hbond substituents is 1. The maximum atomic E-state index is 9.07. The largest absolute Gasteiger partial charge is 0.506 e. The van der Waals surface area contributed by atoms with Crippen LogP contribution in [-0.2, 0) is 0 Å². The maximum Gasteiger partial charge on any atom is 0.136 e. The number of benzene rings is 1. The van der Waals surface area contributed by atoms with Gasteiger partial charge < -0.3 is 10.5 Å². The Morgan fingerprint density at radius 2 is 1.92 bits per heavy atom. The minimum absolute atomic E-state index is 0. The zero-order valence-corrected chi connectivity index (χ0v) is 8.17. The monoisotopic (exact) mass is 228 g/mol. The molecule has 0 aliphatic rings. The molecule has 0 saturated heterocycles. The third kappa shape index (κ3) is 2.08. The Bertz CT molecular complexity index is 280. The van der Waals surface area contributed by atoms with E-state index in [4.69, 9.17) is 34.2 Å². The van der Waals surface area contributed by atoms with Gasteiger partial charge in [-0.3, -0.25) is 5.84 Å². The van der Waals surface area contributed by atoms with E-state index in [0.29, 0.717) is 10.7 Å². The third-order valence-corrected chi connectivity index (χ3v) is 1.91. The summed E-state index contributed by atoms with van der Waals surface area (Å²) in [6.07, 6.45) is 0. The van der Waals surface area contributed by atoms with Crippen molar-refractivity contribution in [3.63, 3.8) is 0 Å². The van der Waals surface area contributed by atoms with Gasteiger partial charge >= 0.3 is 0 Å². The molecule has 0 aliphatic heterocycles. The van der Waals surface area contributed by atoms with E-state index in [1.807, 2.05) is 0 Å². The summed E-state index contributed by atoms with van der Waals surface area (Å²) in [6.45, 7) is 0. The van der Waals surface area contributed by atoms with Crippen molar-refractivity contribution in [2.24, 2.45) is 5.84 Å². The zero-order chi connectivity index (χ0) is 8.43. The molecule has 0 amide bonds. The smallest absolute Gasteiger partial charge is 0.136 e. The van der Waals surface area contributed by atoms with Crippen LogP contribution in [0, 0.1) is 0 Å². The van der Waals surface area contributed by atoms with Gasteiger partial charge in [-0.15, -0.1) is 12.4 Å². The first kappa shape index (κ1) is 11.6. The highest BCUT2D eigenvalue weighted by Crippen LogP contribution is 2.35. The lowest BCUT2D eigenvalue weighted by atomic mass is 10.3. The molecule has 0 unspecified atom stereocenters. The van der Waals surface area contributed by atoms with Crippen molar-refractivity contribution in [1.82, 2.24) is 0 Å². The van der Waals surface area contributed by atoms with Crippen LogP contribution in [0.4, 0.5) is 5.69 Å². The fraction of sp³-hybridized carbons (Fsp3) is 0. The van der Waals surface area contributed by atoms with Gasteiger partial charge in [-0.05, 0) is 12.1 Å². The Hall–Kier alpha value is -0.350. The van der Waals surface area contributed by atoms with E-state index in [9.17, 15) is 0 Å². The molecule has 0 aromatic heterocycles. The summed E-state index contributed by atoms with van der Waals surface area (Å²) >= 11 is 11.3. The van der Waals surface area contributed by atoms with Crippen molar-refractivity contribution in [3.8, 4) is 5.75 Å². The van der Waals surface area contributed by atoms with Gasteiger partial charge in [0.1, 0.15) is 10.8 Å². The molecular weight excluding hydrogens is 222 g/mol. The number of nitrogens with two attached hydrogens (primary N) is 1. The standard InChI is InChI=1S/C6H6Cl2N2O.ClH/c7-3-1-2-4(11)5(8)6(3)10-9;/h1-2,10-11H,9H2;1H. The van der Waals surface area contributed by atoms with Crippen LogP contribution in [0.25, 0.3) is 0 Å². The topological polar surface area (TPSA) is 58.3 Å². The second-order valence-corrected chi connectivity index (χ2v) is 2.68. The molecule has 0 fully saturated rings. The van der Waals surface area contributed by atoms with Gasteiger partial charge in [-0.25, -0.2) is 0 Å². The van der Waals surface area contributed by atoms with Gasteiger partial charge in [0, 0.05) is 0 Å². The number of phenols is 1. The first-order valence-electron chi connectivity index (χ1n) is 2.80. The lowest BCUT2D eigenvalue weighted by Crippen LogP contribution is -2.07. The summed E-state index contributed by atoms with van der Waals surface area (Å²) in [5.41, 5.74) is 2.61. The number of aromatic hydroxyl groups is 1. The fourth-order valence-corrected chi connectivity index (χ4v) is 1.15. The van der Waals surface area contributed by atoms with Crippen LogP contribution in [0.2, 0.25) is 10.0 Å². The quantitative estimate of drug-likeness (QED) is 0.512. The molecule has 12 heavy (non-hydrogen) atoms. The highest BCUT2D eigenvalue weighted by molar-refractivity contribution is 6.39. The Labute approximate surface area is 85.8 Å². The number of hydrogen-bond donors (Lipinski definition) is 3. The Morgan fingerprint density at radius 1 is 1.33 bits per heavy atom. The highest BCUT2D eigenvalue weighted by atomic mass is 35.5. The van der Waals surface area contributed by atoms with Crippen LogP contribution in [0.3, 0.4) is 0 Å². The molecule has 0 saturated carbocycles. The molecule has 1 rings (SSSR count). The van der Waals surface area contributed by atoms with Crippen molar-refractivity contribution in [2.45, 2.75) is 0 Å². The van der Waals surface area contributed by atoms with E-state index in [0.717, 1.165) is 0 Å². The minimum atomic E-state index is -0.0518.